The Morgan fingerprint density at radius 3 is 2.40 bits per heavy atom. The lowest BCUT2D eigenvalue weighted by Crippen LogP contribution is -2.27. The fourth-order valence-electron chi connectivity index (χ4n) is 1.43. The summed E-state index contributed by atoms with van der Waals surface area (Å²) in [5.41, 5.74) is 1.19. The lowest BCUT2D eigenvalue weighted by atomic mass is 10.1. The molecular weight excluding hydrogens is 206 g/mol. The first-order valence-electron chi connectivity index (χ1n) is 5.04. The van der Waals surface area contributed by atoms with Crippen LogP contribution in [0, 0.1) is 0 Å². The van der Waals surface area contributed by atoms with Crippen LogP contribution in [0.4, 0.5) is 0 Å². The molecule has 2 nitrogen and oxygen atoms in total. The van der Waals surface area contributed by atoms with E-state index >= 15 is 0 Å². The summed E-state index contributed by atoms with van der Waals surface area (Å²) in [4.78, 5) is 11.2. The van der Waals surface area contributed by atoms with E-state index in [1.165, 1.54) is 17.3 Å². The topological polar surface area (TPSA) is 29.1 Å². The van der Waals surface area contributed by atoms with Crippen LogP contribution < -0.4 is 5.32 Å². The molecule has 0 fully saturated rings. The van der Waals surface area contributed by atoms with Gasteiger partial charge in [0.05, 0.1) is 5.25 Å². The Morgan fingerprint density at radius 2 is 1.93 bits per heavy atom. The van der Waals surface area contributed by atoms with E-state index in [1.807, 2.05) is 25.2 Å². The Morgan fingerprint density at radius 1 is 1.33 bits per heavy atom. The number of benzene rings is 1. The third-order valence-corrected chi connectivity index (χ3v) is 3.60. The molecule has 1 N–H and O–H groups in total. The van der Waals surface area contributed by atoms with Gasteiger partial charge in [-0.15, -0.1) is 0 Å². The van der Waals surface area contributed by atoms with Crippen LogP contribution in [-0.4, -0.2) is 18.2 Å². The van der Waals surface area contributed by atoms with Gasteiger partial charge in [0.15, 0.2) is 5.12 Å². The number of carbonyl (C=O) groups is 1. The third-order valence-electron chi connectivity index (χ3n) is 2.33. The van der Waals surface area contributed by atoms with Gasteiger partial charge in [0.1, 0.15) is 0 Å². The standard InChI is InChI=1S/C12H17NOS/c1-9(13-3)12(15-10(2)14)11-7-5-4-6-8-11/h4-9,12-13H,1-3H3/t9-,12-/m0/s1. The molecule has 15 heavy (non-hydrogen) atoms. The molecule has 1 aromatic carbocycles. The number of likely N-dealkylation sites (N-methyl/N-ethyl adjacent to an activating group) is 1. The molecule has 0 bridgehead atoms. The fourth-order valence-corrected chi connectivity index (χ4v) is 2.42. The van der Waals surface area contributed by atoms with Gasteiger partial charge < -0.3 is 5.32 Å². The van der Waals surface area contributed by atoms with Crippen LogP contribution in [0.5, 0.6) is 0 Å². The molecule has 0 aliphatic heterocycles. The summed E-state index contributed by atoms with van der Waals surface area (Å²) in [6, 6.07) is 10.4. The molecule has 0 saturated carbocycles. The monoisotopic (exact) mass is 223 g/mol. The van der Waals surface area contributed by atoms with E-state index in [0.29, 0.717) is 0 Å². The van der Waals surface area contributed by atoms with E-state index in [9.17, 15) is 4.79 Å². The lowest BCUT2D eigenvalue weighted by molar-refractivity contribution is -0.109. The van der Waals surface area contributed by atoms with Gasteiger partial charge in [-0.05, 0) is 19.5 Å². The number of thioether (sulfide) groups is 1. The average Bonchev–Trinajstić information content (AvgIpc) is 2.26. The van der Waals surface area contributed by atoms with Gasteiger partial charge in [-0.2, -0.15) is 0 Å². The minimum atomic E-state index is 0.158. The molecule has 0 saturated heterocycles. The zero-order chi connectivity index (χ0) is 11.3. The first kappa shape index (κ1) is 12.3. The Bertz CT molecular complexity index is 313. The summed E-state index contributed by atoms with van der Waals surface area (Å²) in [6.07, 6.45) is 0. The fraction of sp³-hybridized carbons (Fsp3) is 0.417. The van der Waals surface area contributed by atoms with E-state index in [4.69, 9.17) is 0 Å². The summed E-state index contributed by atoms with van der Waals surface area (Å²) in [5, 5.41) is 3.54. The third kappa shape index (κ3) is 3.68. The smallest absolute Gasteiger partial charge is 0.186 e. The maximum absolute atomic E-state index is 11.2. The second-order valence-electron chi connectivity index (χ2n) is 3.52. The van der Waals surface area contributed by atoms with Gasteiger partial charge in [-0.25, -0.2) is 0 Å². The highest BCUT2D eigenvalue weighted by molar-refractivity contribution is 8.13. The first-order valence-corrected chi connectivity index (χ1v) is 5.92. The quantitative estimate of drug-likeness (QED) is 0.850. The maximum Gasteiger partial charge on any atom is 0.186 e. The second-order valence-corrected chi connectivity index (χ2v) is 4.84. The van der Waals surface area contributed by atoms with Crippen LogP contribution in [-0.2, 0) is 4.79 Å². The molecule has 0 aliphatic carbocycles. The van der Waals surface area contributed by atoms with Crippen molar-refractivity contribution >= 4 is 16.9 Å². The van der Waals surface area contributed by atoms with E-state index in [-0.39, 0.29) is 16.4 Å². The highest BCUT2D eigenvalue weighted by atomic mass is 32.2. The molecule has 82 valence electrons. The minimum Gasteiger partial charge on any atom is -0.316 e. The van der Waals surface area contributed by atoms with Crippen LogP contribution in [0.2, 0.25) is 0 Å². The van der Waals surface area contributed by atoms with Gasteiger partial charge in [-0.3, -0.25) is 4.79 Å². The number of nitrogens with one attached hydrogen (secondary N) is 1. The molecule has 0 aromatic heterocycles. The summed E-state index contributed by atoms with van der Waals surface area (Å²) >= 11 is 1.38. The number of rotatable bonds is 4. The molecular formula is C12H17NOS. The lowest BCUT2D eigenvalue weighted by Gasteiger charge is -2.22. The first-order chi connectivity index (χ1) is 7.15. The van der Waals surface area contributed by atoms with Gasteiger partial charge in [-0.1, -0.05) is 42.1 Å². The zero-order valence-electron chi connectivity index (χ0n) is 9.36. The zero-order valence-corrected chi connectivity index (χ0v) is 10.2. The molecule has 1 rings (SSSR count). The predicted molar refractivity (Wildman–Crippen MR) is 66.0 cm³/mol. The second kappa shape index (κ2) is 5.93. The average molecular weight is 223 g/mol. The Hall–Kier alpha value is -0.800. The Labute approximate surface area is 95.5 Å². The van der Waals surface area contributed by atoms with E-state index in [2.05, 4.69) is 24.4 Å². The van der Waals surface area contributed by atoms with Gasteiger partial charge >= 0.3 is 0 Å². The molecule has 0 amide bonds. The number of hydrogen-bond donors (Lipinski definition) is 1. The van der Waals surface area contributed by atoms with E-state index in [0.717, 1.165) is 0 Å². The maximum atomic E-state index is 11.2. The Kier molecular flexibility index (Phi) is 4.85. The van der Waals surface area contributed by atoms with Crippen molar-refractivity contribution in [1.29, 1.82) is 0 Å². The van der Waals surface area contributed by atoms with Crippen LogP contribution in [0.3, 0.4) is 0 Å². The minimum absolute atomic E-state index is 0.158. The molecule has 1 aromatic rings. The number of hydrogen-bond acceptors (Lipinski definition) is 3. The van der Waals surface area contributed by atoms with Crippen molar-refractivity contribution in [2.24, 2.45) is 0 Å². The van der Waals surface area contributed by atoms with Crippen molar-refractivity contribution in [2.45, 2.75) is 25.1 Å². The van der Waals surface area contributed by atoms with Crippen LogP contribution in [0.1, 0.15) is 24.7 Å². The van der Waals surface area contributed by atoms with E-state index < -0.39 is 0 Å². The summed E-state index contributed by atoms with van der Waals surface area (Å²) < 4.78 is 0. The molecule has 0 heterocycles. The van der Waals surface area contributed by atoms with Crippen LogP contribution in [0.25, 0.3) is 0 Å². The molecule has 3 heteroatoms. The SMILES string of the molecule is CN[C@@H](C)[C@H](SC(C)=O)c1ccccc1. The van der Waals surface area contributed by atoms with Crippen LogP contribution >= 0.6 is 11.8 Å². The van der Waals surface area contributed by atoms with Crippen molar-refractivity contribution in [3.63, 3.8) is 0 Å². The molecule has 2 atom stereocenters. The molecule has 0 aliphatic rings. The molecule has 0 unspecified atom stereocenters. The predicted octanol–water partition coefficient (Wildman–Crippen LogP) is 2.62. The summed E-state index contributed by atoms with van der Waals surface area (Å²) in [6.45, 7) is 3.70. The van der Waals surface area contributed by atoms with Crippen molar-refractivity contribution < 1.29 is 4.79 Å². The molecule has 0 radical (unpaired) electrons. The van der Waals surface area contributed by atoms with Gasteiger partial charge in [0, 0.05) is 13.0 Å². The normalized spacial score (nSPS) is 14.6. The summed E-state index contributed by atoms with van der Waals surface area (Å²) in [7, 11) is 1.92. The van der Waals surface area contributed by atoms with Gasteiger partial charge in [0.25, 0.3) is 0 Å². The van der Waals surface area contributed by atoms with Crippen molar-refractivity contribution in [3.05, 3.63) is 35.9 Å². The largest absolute Gasteiger partial charge is 0.316 e. The van der Waals surface area contributed by atoms with Gasteiger partial charge in [0.2, 0.25) is 0 Å². The highest BCUT2D eigenvalue weighted by Gasteiger charge is 2.20. The number of carbonyl (C=O) groups excluding carboxylic acids is 1. The van der Waals surface area contributed by atoms with Crippen LogP contribution in [0.15, 0.2) is 30.3 Å². The highest BCUT2D eigenvalue weighted by Crippen LogP contribution is 2.32. The Balaban J connectivity index is 2.86. The van der Waals surface area contributed by atoms with Crippen molar-refractivity contribution in [3.8, 4) is 0 Å². The van der Waals surface area contributed by atoms with Crippen molar-refractivity contribution in [1.82, 2.24) is 5.32 Å². The van der Waals surface area contributed by atoms with Crippen molar-refractivity contribution in [2.75, 3.05) is 7.05 Å². The summed E-state index contributed by atoms with van der Waals surface area (Å²) in [5.74, 6) is 0. The van der Waals surface area contributed by atoms with E-state index in [1.54, 1.807) is 6.92 Å². The molecule has 0 spiro atoms.